The molecular formula is C12H14BrClFNO. The number of carbonyl (C=O) groups is 1. The molecule has 0 aliphatic heterocycles. The molecule has 2 nitrogen and oxygen atoms in total. The van der Waals surface area contributed by atoms with Gasteiger partial charge in [-0.15, -0.1) is 11.6 Å². The van der Waals surface area contributed by atoms with E-state index in [0.29, 0.717) is 24.5 Å². The van der Waals surface area contributed by atoms with Gasteiger partial charge >= 0.3 is 0 Å². The molecule has 0 spiro atoms. The molecule has 1 aromatic rings. The lowest BCUT2D eigenvalue weighted by Gasteiger charge is -2.21. The average molecular weight is 323 g/mol. The van der Waals surface area contributed by atoms with E-state index in [1.807, 2.05) is 6.92 Å². The van der Waals surface area contributed by atoms with Crippen LogP contribution in [0.25, 0.3) is 0 Å². The first-order valence-electron chi connectivity index (χ1n) is 5.41. The molecule has 17 heavy (non-hydrogen) atoms. The average Bonchev–Trinajstić information content (AvgIpc) is 2.31. The molecule has 0 aromatic heterocycles. The minimum absolute atomic E-state index is 0.195. The highest BCUT2D eigenvalue weighted by Crippen LogP contribution is 2.22. The second kappa shape index (κ2) is 6.97. The second-order valence-corrected chi connectivity index (χ2v) is 4.75. The molecule has 5 heteroatoms. The Morgan fingerprint density at radius 3 is 2.76 bits per heavy atom. The molecule has 1 aromatic carbocycles. The van der Waals surface area contributed by atoms with Crippen molar-refractivity contribution in [2.75, 3.05) is 19.0 Å². The smallest absolute Gasteiger partial charge is 0.255 e. The predicted octanol–water partition coefficient (Wildman–Crippen LogP) is 3.68. The Morgan fingerprint density at radius 2 is 2.18 bits per heavy atom. The fraction of sp³-hybridized carbons (Fsp3) is 0.417. The van der Waals surface area contributed by atoms with Crippen LogP contribution in [0.15, 0.2) is 22.7 Å². The molecule has 1 amide bonds. The summed E-state index contributed by atoms with van der Waals surface area (Å²) in [4.78, 5) is 13.8. The van der Waals surface area contributed by atoms with Gasteiger partial charge in [0, 0.05) is 19.0 Å². The van der Waals surface area contributed by atoms with Crippen molar-refractivity contribution in [3.63, 3.8) is 0 Å². The van der Waals surface area contributed by atoms with Crippen LogP contribution in [0.3, 0.4) is 0 Å². The molecule has 0 radical (unpaired) electrons. The Morgan fingerprint density at radius 1 is 1.47 bits per heavy atom. The maximum atomic E-state index is 13.3. The van der Waals surface area contributed by atoms with E-state index in [0.717, 1.165) is 6.42 Å². The summed E-state index contributed by atoms with van der Waals surface area (Å²) in [7, 11) is 0. The fourth-order valence-electron chi connectivity index (χ4n) is 1.53. The molecule has 0 fully saturated rings. The number of carbonyl (C=O) groups excluding carboxylic acids is 1. The lowest BCUT2D eigenvalue weighted by molar-refractivity contribution is 0.0764. The van der Waals surface area contributed by atoms with Gasteiger partial charge in [-0.25, -0.2) is 4.39 Å². The third-order valence-corrected chi connectivity index (χ3v) is 3.29. The van der Waals surface area contributed by atoms with E-state index in [9.17, 15) is 9.18 Å². The zero-order valence-electron chi connectivity index (χ0n) is 9.55. The summed E-state index contributed by atoms with van der Waals surface area (Å²) in [5.41, 5.74) is 0.337. The quantitative estimate of drug-likeness (QED) is 0.757. The Hall–Kier alpha value is -0.610. The Bertz CT molecular complexity index is 394. The summed E-state index contributed by atoms with van der Waals surface area (Å²) in [5.74, 6) is -0.254. The van der Waals surface area contributed by atoms with Crippen LogP contribution >= 0.6 is 27.5 Å². The molecule has 0 bridgehead atoms. The monoisotopic (exact) mass is 321 g/mol. The SMILES string of the molecule is CCCN(CCCl)C(=O)c1cccc(F)c1Br. The van der Waals surface area contributed by atoms with Crippen LogP contribution in [0, 0.1) is 5.82 Å². The van der Waals surface area contributed by atoms with Gasteiger partial charge in [0.25, 0.3) is 5.91 Å². The summed E-state index contributed by atoms with van der Waals surface area (Å²) in [5, 5.41) is 0. The van der Waals surface area contributed by atoms with Gasteiger partial charge in [0.05, 0.1) is 10.0 Å². The highest BCUT2D eigenvalue weighted by molar-refractivity contribution is 9.10. The predicted molar refractivity (Wildman–Crippen MR) is 71.0 cm³/mol. The maximum absolute atomic E-state index is 13.3. The Kier molecular flexibility index (Phi) is 5.92. The van der Waals surface area contributed by atoms with Gasteiger partial charge in [-0.05, 0) is 34.5 Å². The first-order chi connectivity index (χ1) is 8.11. The van der Waals surface area contributed by atoms with Crippen molar-refractivity contribution in [3.8, 4) is 0 Å². The van der Waals surface area contributed by atoms with E-state index >= 15 is 0 Å². The van der Waals surface area contributed by atoms with Gasteiger partial charge < -0.3 is 4.90 Å². The van der Waals surface area contributed by atoms with Crippen LogP contribution in [-0.2, 0) is 0 Å². The van der Waals surface area contributed by atoms with Crippen LogP contribution in [-0.4, -0.2) is 29.8 Å². The third-order valence-electron chi connectivity index (χ3n) is 2.32. The lowest BCUT2D eigenvalue weighted by atomic mass is 10.2. The maximum Gasteiger partial charge on any atom is 0.255 e. The number of rotatable bonds is 5. The van der Waals surface area contributed by atoms with Crippen LogP contribution in [0.1, 0.15) is 23.7 Å². The van der Waals surface area contributed by atoms with Gasteiger partial charge in [0.2, 0.25) is 0 Å². The molecule has 0 atom stereocenters. The molecule has 1 rings (SSSR count). The van der Waals surface area contributed by atoms with Gasteiger partial charge in [-0.1, -0.05) is 13.0 Å². The van der Waals surface area contributed by atoms with Crippen molar-refractivity contribution in [1.82, 2.24) is 4.90 Å². The van der Waals surface area contributed by atoms with E-state index in [4.69, 9.17) is 11.6 Å². The number of halogens is 3. The number of amides is 1. The second-order valence-electron chi connectivity index (χ2n) is 3.58. The summed E-state index contributed by atoms with van der Waals surface area (Å²) in [6.45, 7) is 3.07. The van der Waals surface area contributed by atoms with E-state index < -0.39 is 5.82 Å². The highest BCUT2D eigenvalue weighted by atomic mass is 79.9. The summed E-state index contributed by atoms with van der Waals surface area (Å²) in [6, 6.07) is 4.44. The van der Waals surface area contributed by atoms with Gasteiger partial charge in [0.15, 0.2) is 0 Å². The molecule has 0 N–H and O–H groups in total. The topological polar surface area (TPSA) is 20.3 Å². The van der Waals surface area contributed by atoms with E-state index in [-0.39, 0.29) is 10.4 Å². The van der Waals surface area contributed by atoms with Crippen molar-refractivity contribution >= 4 is 33.4 Å². The number of nitrogens with zero attached hydrogens (tertiary/aromatic N) is 1. The molecule has 0 aliphatic carbocycles. The summed E-state index contributed by atoms with van der Waals surface area (Å²) < 4.78 is 13.5. The van der Waals surface area contributed by atoms with Crippen LogP contribution < -0.4 is 0 Å². The van der Waals surface area contributed by atoms with Crippen molar-refractivity contribution in [2.24, 2.45) is 0 Å². The molecule has 0 saturated carbocycles. The largest absolute Gasteiger partial charge is 0.337 e. The zero-order valence-corrected chi connectivity index (χ0v) is 11.9. The first-order valence-corrected chi connectivity index (χ1v) is 6.73. The van der Waals surface area contributed by atoms with E-state index in [1.54, 1.807) is 11.0 Å². The molecule has 0 heterocycles. The molecule has 0 unspecified atom stereocenters. The Balaban J connectivity index is 2.96. The molecule has 94 valence electrons. The van der Waals surface area contributed by atoms with Gasteiger partial charge in [0.1, 0.15) is 5.82 Å². The van der Waals surface area contributed by atoms with Crippen molar-refractivity contribution in [2.45, 2.75) is 13.3 Å². The Labute approximate surface area is 114 Å². The van der Waals surface area contributed by atoms with Crippen molar-refractivity contribution in [3.05, 3.63) is 34.1 Å². The highest BCUT2D eigenvalue weighted by Gasteiger charge is 2.18. The molecule has 0 aliphatic rings. The van der Waals surface area contributed by atoms with Crippen molar-refractivity contribution in [1.29, 1.82) is 0 Å². The fourth-order valence-corrected chi connectivity index (χ4v) is 2.16. The standard InChI is InChI=1S/C12H14BrClFNO/c1-2-7-16(8-6-14)12(17)9-4-3-5-10(15)11(9)13/h3-5H,2,6-8H2,1H3. The van der Waals surface area contributed by atoms with Crippen molar-refractivity contribution < 1.29 is 9.18 Å². The first kappa shape index (κ1) is 14.5. The third kappa shape index (κ3) is 3.68. The van der Waals surface area contributed by atoms with Crippen LogP contribution in [0.4, 0.5) is 4.39 Å². The summed E-state index contributed by atoms with van der Waals surface area (Å²) >= 11 is 8.75. The normalized spacial score (nSPS) is 10.4. The minimum Gasteiger partial charge on any atom is -0.337 e. The van der Waals surface area contributed by atoms with E-state index in [2.05, 4.69) is 15.9 Å². The minimum atomic E-state index is -0.432. The molecule has 0 saturated heterocycles. The number of hydrogen-bond donors (Lipinski definition) is 0. The summed E-state index contributed by atoms with van der Waals surface area (Å²) in [6.07, 6.45) is 0.843. The zero-order chi connectivity index (χ0) is 12.8. The van der Waals surface area contributed by atoms with Crippen LogP contribution in [0.5, 0.6) is 0 Å². The van der Waals surface area contributed by atoms with Gasteiger partial charge in [-0.2, -0.15) is 0 Å². The molecular weight excluding hydrogens is 308 g/mol. The van der Waals surface area contributed by atoms with Gasteiger partial charge in [-0.3, -0.25) is 4.79 Å². The van der Waals surface area contributed by atoms with Crippen LogP contribution in [0.2, 0.25) is 0 Å². The van der Waals surface area contributed by atoms with E-state index in [1.165, 1.54) is 12.1 Å². The number of alkyl halides is 1. The lowest BCUT2D eigenvalue weighted by Crippen LogP contribution is -2.33. The number of hydrogen-bond acceptors (Lipinski definition) is 1. The number of benzene rings is 1.